The molecule has 30 heavy (non-hydrogen) atoms. The Kier molecular flexibility index (Phi) is 5.89. The maximum atomic E-state index is 13.7. The Hall–Kier alpha value is -2.69. The fourth-order valence-corrected chi connectivity index (χ4v) is 5.26. The van der Waals surface area contributed by atoms with Crippen molar-refractivity contribution in [3.63, 3.8) is 0 Å². The van der Waals surface area contributed by atoms with Gasteiger partial charge in [0.15, 0.2) is 0 Å². The lowest BCUT2D eigenvalue weighted by Gasteiger charge is -2.54. The van der Waals surface area contributed by atoms with E-state index in [0.29, 0.717) is 24.6 Å². The first-order valence-electron chi connectivity index (χ1n) is 11.1. The fraction of sp³-hybridized carbons (Fsp3) is 0.480. The van der Waals surface area contributed by atoms with Crippen LogP contribution in [0.15, 0.2) is 48.7 Å². The zero-order chi connectivity index (χ0) is 21.1. The Morgan fingerprint density at radius 2 is 1.87 bits per heavy atom. The second-order valence-electron chi connectivity index (χ2n) is 9.03. The van der Waals surface area contributed by atoms with Crippen LogP contribution in [-0.4, -0.2) is 33.8 Å². The maximum Gasteiger partial charge on any atom is 0.254 e. The summed E-state index contributed by atoms with van der Waals surface area (Å²) in [5, 5.41) is 3.13. The quantitative estimate of drug-likeness (QED) is 0.807. The molecule has 4 rings (SSSR count). The van der Waals surface area contributed by atoms with E-state index >= 15 is 0 Å². The summed E-state index contributed by atoms with van der Waals surface area (Å²) in [5.74, 6) is 0.0654. The monoisotopic (exact) mass is 405 g/mol. The molecule has 1 fully saturated rings. The Bertz CT molecular complexity index is 904. The highest BCUT2D eigenvalue weighted by Gasteiger charge is 2.54. The summed E-state index contributed by atoms with van der Waals surface area (Å²) in [6, 6.07) is 13.4. The van der Waals surface area contributed by atoms with Gasteiger partial charge in [0.2, 0.25) is 5.91 Å². The Morgan fingerprint density at radius 3 is 2.57 bits per heavy atom. The van der Waals surface area contributed by atoms with Gasteiger partial charge in [-0.1, -0.05) is 57.4 Å². The van der Waals surface area contributed by atoms with Gasteiger partial charge in [-0.25, -0.2) is 0 Å². The Labute approximate surface area is 178 Å². The minimum Gasteiger partial charge on any atom is -0.350 e. The molecule has 1 spiro atoms. The van der Waals surface area contributed by atoms with Gasteiger partial charge in [-0.2, -0.15) is 0 Å². The van der Waals surface area contributed by atoms with E-state index in [0.717, 1.165) is 43.4 Å². The van der Waals surface area contributed by atoms with Crippen molar-refractivity contribution in [3.05, 3.63) is 65.5 Å². The Morgan fingerprint density at radius 1 is 1.13 bits per heavy atom. The van der Waals surface area contributed by atoms with Crippen LogP contribution >= 0.6 is 0 Å². The number of rotatable bonds is 5. The van der Waals surface area contributed by atoms with Gasteiger partial charge in [-0.3, -0.25) is 14.6 Å². The molecule has 1 unspecified atom stereocenters. The van der Waals surface area contributed by atoms with Gasteiger partial charge in [-0.05, 0) is 42.5 Å². The largest absolute Gasteiger partial charge is 0.350 e. The first-order chi connectivity index (χ1) is 14.5. The topological polar surface area (TPSA) is 62.3 Å². The predicted molar refractivity (Wildman–Crippen MR) is 117 cm³/mol. The number of carbonyl (C=O) groups excluding carboxylic acids is 2. The lowest BCUT2D eigenvalue weighted by Crippen LogP contribution is -2.63. The molecule has 2 heterocycles. The van der Waals surface area contributed by atoms with Crippen molar-refractivity contribution < 1.29 is 9.59 Å². The van der Waals surface area contributed by atoms with Crippen molar-refractivity contribution in [1.29, 1.82) is 0 Å². The predicted octanol–water partition coefficient (Wildman–Crippen LogP) is 4.30. The van der Waals surface area contributed by atoms with E-state index in [9.17, 15) is 9.59 Å². The molecule has 5 heteroatoms. The van der Waals surface area contributed by atoms with Gasteiger partial charge in [-0.15, -0.1) is 0 Å². The van der Waals surface area contributed by atoms with Gasteiger partial charge in [0.25, 0.3) is 5.91 Å². The highest BCUT2D eigenvalue weighted by molar-refractivity contribution is 6.02. The first-order valence-corrected chi connectivity index (χ1v) is 11.1. The van der Waals surface area contributed by atoms with E-state index in [1.54, 1.807) is 6.20 Å². The third kappa shape index (κ3) is 3.73. The highest BCUT2D eigenvalue weighted by Crippen LogP contribution is 2.49. The molecule has 2 aromatic rings. The van der Waals surface area contributed by atoms with Gasteiger partial charge in [0.05, 0.1) is 23.7 Å². The number of nitrogens with one attached hydrogen (secondary N) is 1. The first kappa shape index (κ1) is 20.6. The van der Waals surface area contributed by atoms with E-state index in [1.807, 2.05) is 47.4 Å². The molecule has 0 saturated heterocycles. The van der Waals surface area contributed by atoms with E-state index in [1.165, 1.54) is 0 Å². The number of amides is 2. The summed E-state index contributed by atoms with van der Waals surface area (Å²) < 4.78 is 0. The molecule has 1 atom stereocenters. The average Bonchev–Trinajstić information content (AvgIpc) is 2.77. The van der Waals surface area contributed by atoms with Crippen LogP contribution in [0.5, 0.6) is 0 Å². The van der Waals surface area contributed by atoms with E-state index in [4.69, 9.17) is 0 Å². The molecular weight excluding hydrogens is 374 g/mol. The van der Waals surface area contributed by atoms with Crippen LogP contribution in [0.25, 0.3) is 0 Å². The number of aromatic nitrogens is 1. The summed E-state index contributed by atoms with van der Waals surface area (Å²) in [4.78, 5) is 33.6. The molecular formula is C25H31N3O2. The molecule has 158 valence electrons. The smallest absolute Gasteiger partial charge is 0.254 e. The molecule has 1 aromatic carbocycles. The molecule has 1 aliphatic carbocycles. The van der Waals surface area contributed by atoms with Crippen LogP contribution in [0, 0.1) is 5.92 Å². The number of hydrogen-bond acceptors (Lipinski definition) is 3. The van der Waals surface area contributed by atoms with Gasteiger partial charge < -0.3 is 10.2 Å². The van der Waals surface area contributed by atoms with Crippen molar-refractivity contribution in [2.75, 3.05) is 6.54 Å². The SMILES string of the molecule is CC(C)CN1C(=O)c2ccccc2C(C(=O)NCc2ccccn2)C12CCCCC2. The second-order valence-corrected chi connectivity index (χ2v) is 9.03. The lowest BCUT2D eigenvalue weighted by molar-refractivity contribution is -0.127. The standard InChI is InChI=1S/C25H31N3O2/c1-18(2)17-28-24(30)21-12-5-4-11-20(21)22(25(28)13-7-3-8-14-25)23(29)27-16-19-10-6-9-15-26-19/h4-6,9-12,15,18,22H,3,7-8,13-14,16-17H2,1-2H3,(H,27,29). The molecule has 1 aromatic heterocycles. The number of carbonyl (C=O) groups is 2. The summed E-state index contributed by atoms with van der Waals surface area (Å²) in [5.41, 5.74) is 1.94. The van der Waals surface area contributed by atoms with Crippen LogP contribution in [0.3, 0.4) is 0 Å². The second kappa shape index (κ2) is 8.58. The van der Waals surface area contributed by atoms with Crippen molar-refractivity contribution >= 4 is 11.8 Å². The molecule has 1 aliphatic heterocycles. The average molecular weight is 406 g/mol. The number of benzene rings is 1. The summed E-state index contributed by atoms with van der Waals surface area (Å²) in [6.07, 6.45) is 6.75. The molecule has 0 bridgehead atoms. The fourth-order valence-electron chi connectivity index (χ4n) is 5.26. The van der Waals surface area contributed by atoms with Crippen LogP contribution in [-0.2, 0) is 11.3 Å². The van der Waals surface area contributed by atoms with E-state index < -0.39 is 5.54 Å². The molecule has 2 amide bonds. The highest BCUT2D eigenvalue weighted by atomic mass is 16.2. The van der Waals surface area contributed by atoms with Gasteiger partial charge >= 0.3 is 0 Å². The zero-order valence-corrected chi connectivity index (χ0v) is 17.9. The Balaban J connectivity index is 1.74. The van der Waals surface area contributed by atoms with Crippen molar-refractivity contribution in [1.82, 2.24) is 15.2 Å². The van der Waals surface area contributed by atoms with Crippen molar-refractivity contribution in [3.8, 4) is 0 Å². The summed E-state index contributed by atoms with van der Waals surface area (Å²) in [7, 11) is 0. The van der Waals surface area contributed by atoms with Crippen molar-refractivity contribution in [2.45, 2.75) is 64.0 Å². The molecule has 1 N–H and O–H groups in total. The minimum absolute atomic E-state index is 0.00346. The minimum atomic E-state index is -0.442. The number of pyridine rings is 1. The van der Waals surface area contributed by atoms with Crippen LogP contribution in [0.2, 0.25) is 0 Å². The van der Waals surface area contributed by atoms with E-state index in [-0.39, 0.29) is 17.7 Å². The maximum absolute atomic E-state index is 13.7. The van der Waals surface area contributed by atoms with Crippen LogP contribution in [0.1, 0.15) is 73.5 Å². The summed E-state index contributed by atoms with van der Waals surface area (Å²) >= 11 is 0. The number of fused-ring (bicyclic) bond motifs is 1. The third-order valence-electron chi connectivity index (χ3n) is 6.52. The lowest BCUT2D eigenvalue weighted by atomic mass is 9.65. The van der Waals surface area contributed by atoms with E-state index in [2.05, 4.69) is 24.1 Å². The van der Waals surface area contributed by atoms with Crippen LogP contribution in [0.4, 0.5) is 0 Å². The number of nitrogens with zero attached hydrogens (tertiary/aromatic N) is 2. The summed E-state index contributed by atoms with van der Waals surface area (Å²) in [6.45, 7) is 5.35. The molecule has 5 nitrogen and oxygen atoms in total. The van der Waals surface area contributed by atoms with Gasteiger partial charge in [0, 0.05) is 18.3 Å². The number of hydrogen-bond donors (Lipinski definition) is 1. The third-order valence-corrected chi connectivity index (χ3v) is 6.52. The molecule has 2 aliphatic rings. The molecule has 1 saturated carbocycles. The zero-order valence-electron chi connectivity index (χ0n) is 17.9. The van der Waals surface area contributed by atoms with Gasteiger partial charge in [0.1, 0.15) is 0 Å². The van der Waals surface area contributed by atoms with Crippen LogP contribution < -0.4 is 5.32 Å². The molecule has 0 radical (unpaired) electrons. The van der Waals surface area contributed by atoms with Crippen molar-refractivity contribution in [2.24, 2.45) is 5.92 Å². The normalized spacial score (nSPS) is 20.3.